The van der Waals surface area contributed by atoms with E-state index in [1.165, 1.54) is 30.3 Å². The molecule has 0 fully saturated rings. The highest BCUT2D eigenvalue weighted by Gasteiger charge is 2.14. The van der Waals surface area contributed by atoms with Crippen molar-refractivity contribution in [1.29, 1.82) is 0 Å². The third-order valence-electron chi connectivity index (χ3n) is 2.54. The lowest BCUT2D eigenvalue weighted by Gasteiger charge is -2.09. The van der Waals surface area contributed by atoms with Crippen molar-refractivity contribution in [2.24, 2.45) is 0 Å². The molecule has 0 radical (unpaired) electrons. The number of sulfonamides is 1. The van der Waals surface area contributed by atoms with Crippen LogP contribution in [0.1, 0.15) is 5.56 Å². The summed E-state index contributed by atoms with van der Waals surface area (Å²) in [6.45, 7) is 1.81. The predicted molar refractivity (Wildman–Crippen MR) is 76.1 cm³/mol. The molecule has 3 nitrogen and oxygen atoms in total. The van der Waals surface area contributed by atoms with Crippen LogP contribution in [0.4, 0.5) is 10.1 Å². The van der Waals surface area contributed by atoms with E-state index in [4.69, 9.17) is 0 Å². The molecule has 0 amide bonds. The molecule has 0 aliphatic heterocycles. The molecular weight excluding hydrogens is 333 g/mol. The minimum atomic E-state index is -3.66. The number of halogens is 2. The van der Waals surface area contributed by atoms with Crippen molar-refractivity contribution in [3.63, 3.8) is 0 Å². The third kappa shape index (κ3) is 3.33. The first-order valence-corrected chi connectivity index (χ1v) is 7.71. The summed E-state index contributed by atoms with van der Waals surface area (Å²) in [6.07, 6.45) is 0. The Kier molecular flexibility index (Phi) is 3.91. The zero-order valence-corrected chi connectivity index (χ0v) is 12.4. The van der Waals surface area contributed by atoms with Crippen molar-refractivity contribution in [2.75, 3.05) is 4.72 Å². The molecular formula is C13H11BrFNO2S. The van der Waals surface area contributed by atoms with E-state index < -0.39 is 15.8 Å². The van der Waals surface area contributed by atoms with E-state index >= 15 is 0 Å². The van der Waals surface area contributed by atoms with Gasteiger partial charge in [0, 0.05) is 10.2 Å². The van der Waals surface area contributed by atoms with Crippen molar-refractivity contribution in [2.45, 2.75) is 11.8 Å². The molecule has 6 heteroatoms. The molecule has 0 spiro atoms. The Morgan fingerprint density at radius 2 is 1.74 bits per heavy atom. The lowest BCUT2D eigenvalue weighted by Crippen LogP contribution is -2.13. The summed E-state index contributed by atoms with van der Waals surface area (Å²) in [6, 6.07) is 9.89. The van der Waals surface area contributed by atoms with Crippen molar-refractivity contribution in [1.82, 2.24) is 0 Å². The highest BCUT2D eigenvalue weighted by molar-refractivity contribution is 9.10. The van der Waals surface area contributed by atoms with E-state index in [-0.39, 0.29) is 4.90 Å². The van der Waals surface area contributed by atoms with Crippen molar-refractivity contribution in [3.8, 4) is 0 Å². The van der Waals surface area contributed by atoms with Gasteiger partial charge in [0.05, 0.1) is 4.90 Å². The number of rotatable bonds is 3. The summed E-state index contributed by atoms with van der Waals surface area (Å²) < 4.78 is 40.3. The fourth-order valence-corrected chi connectivity index (χ4v) is 2.91. The lowest BCUT2D eigenvalue weighted by atomic mass is 10.2. The van der Waals surface area contributed by atoms with Gasteiger partial charge in [-0.2, -0.15) is 0 Å². The summed E-state index contributed by atoms with van der Waals surface area (Å²) in [5.41, 5.74) is 1.14. The molecule has 1 N–H and O–H groups in total. The van der Waals surface area contributed by atoms with E-state index in [1.54, 1.807) is 19.1 Å². The fourth-order valence-electron chi connectivity index (χ4n) is 1.52. The van der Waals surface area contributed by atoms with Gasteiger partial charge in [0.1, 0.15) is 5.82 Å². The SMILES string of the molecule is Cc1cc(S(=O)(=O)Nc2ccc(F)cc2)ccc1Br. The van der Waals surface area contributed by atoms with Crippen LogP contribution in [-0.2, 0) is 10.0 Å². The molecule has 0 aromatic heterocycles. The monoisotopic (exact) mass is 343 g/mol. The van der Waals surface area contributed by atoms with Gasteiger partial charge in [0.15, 0.2) is 0 Å². The van der Waals surface area contributed by atoms with Crippen LogP contribution in [0.2, 0.25) is 0 Å². The lowest BCUT2D eigenvalue weighted by molar-refractivity contribution is 0.601. The Labute approximate surface area is 119 Å². The van der Waals surface area contributed by atoms with Crippen LogP contribution in [0.5, 0.6) is 0 Å². The summed E-state index contributed by atoms with van der Waals surface area (Å²) in [5, 5.41) is 0. The Balaban J connectivity index is 2.32. The Hall–Kier alpha value is -1.40. The molecule has 0 aliphatic rings. The van der Waals surface area contributed by atoms with Gasteiger partial charge in [-0.3, -0.25) is 4.72 Å². The number of aryl methyl sites for hydroxylation is 1. The summed E-state index contributed by atoms with van der Waals surface area (Å²) >= 11 is 3.31. The summed E-state index contributed by atoms with van der Waals surface area (Å²) in [7, 11) is -3.66. The van der Waals surface area contributed by atoms with Crippen molar-refractivity contribution >= 4 is 31.6 Å². The molecule has 0 bridgehead atoms. The quantitative estimate of drug-likeness (QED) is 0.923. The minimum Gasteiger partial charge on any atom is -0.280 e. The van der Waals surface area contributed by atoms with Gasteiger partial charge in [0.2, 0.25) is 0 Å². The maximum atomic E-state index is 12.8. The zero-order valence-electron chi connectivity index (χ0n) is 10.0. The van der Waals surface area contributed by atoms with Crippen LogP contribution in [0.25, 0.3) is 0 Å². The summed E-state index contributed by atoms with van der Waals surface area (Å²) in [4.78, 5) is 0.164. The van der Waals surface area contributed by atoms with Crippen LogP contribution < -0.4 is 4.72 Å². The number of anilines is 1. The van der Waals surface area contributed by atoms with Crippen LogP contribution >= 0.6 is 15.9 Å². The average molecular weight is 344 g/mol. The second-order valence-corrected chi connectivity index (χ2v) is 6.56. The second kappa shape index (κ2) is 5.30. The highest BCUT2D eigenvalue weighted by atomic mass is 79.9. The maximum absolute atomic E-state index is 12.8. The smallest absolute Gasteiger partial charge is 0.261 e. The van der Waals surface area contributed by atoms with Crippen LogP contribution in [-0.4, -0.2) is 8.42 Å². The van der Waals surface area contributed by atoms with Gasteiger partial charge in [-0.15, -0.1) is 0 Å². The number of hydrogen-bond donors (Lipinski definition) is 1. The minimum absolute atomic E-state index is 0.164. The van der Waals surface area contributed by atoms with Crippen molar-refractivity contribution < 1.29 is 12.8 Å². The van der Waals surface area contributed by atoms with E-state index in [0.717, 1.165) is 10.0 Å². The highest BCUT2D eigenvalue weighted by Crippen LogP contribution is 2.22. The zero-order chi connectivity index (χ0) is 14.0. The molecule has 19 heavy (non-hydrogen) atoms. The molecule has 0 saturated heterocycles. The van der Waals surface area contributed by atoms with E-state index in [2.05, 4.69) is 20.7 Å². The standard InChI is InChI=1S/C13H11BrFNO2S/c1-9-8-12(6-7-13(9)14)19(17,18)16-11-4-2-10(15)3-5-11/h2-8,16H,1H3. The molecule has 0 saturated carbocycles. The van der Waals surface area contributed by atoms with Gasteiger partial charge in [-0.1, -0.05) is 15.9 Å². The van der Waals surface area contributed by atoms with Crippen LogP contribution in [0, 0.1) is 12.7 Å². The van der Waals surface area contributed by atoms with Crippen molar-refractivity contribution in [3.05, 3.63) is 58.3 Å². The Morgan fingerprint density at radius 1 is 1.11 bits per heavy atom. The van der Waals surface area contributed by atoms with Gasteiger partial charge in [-0.05, 0) is 55.0 Å². The van der Waals surface area contributed by atoms with E-state index in [0.29, 0.717) is 5.69 Å². The first-order valence-electron chi connectivity index (χ1n) is 5.43. The molecule has 2 rings (SSSR count). The number of hydrogen-bond acceptors (Lipinski definition) is 2. The second-order valence-electron chi connectivity index (χ2n) is 4.02. The molecule has 2 aromatic carbocycles. The first-order chi connectivity index (χ1) is 8.88. The van der Waals surface area contributed by atoms with E-state index in [9.17, 15) is 12.8 Å². The fraction of sp³-hybridized carbons (Fsp3) is 0.0769. The van der Waals surface area contributed by atoms with E-state index in [1.807, 2.05) is 0 Å². The van der Waals surface area contributed by atoms with Gasteiger partial charge < -0.3 is 0 Å². The number of benzene rings is 2. The van der Waals surface area contributed by atoms with Gasteiger partial charge in [0.25, 0.3) is 10.0 Å². The largest absolute Gasteiger partial charge is 0.280 e. The molecule has 0 atom stereocenters. The molecule has 0 aliphatic carbocycles. The first kappa shape index (κ1) is 14.0. The number of nitrogens with one attached hydrogen (secondary N) is 1. The topological polar surface area (TPSA) is 46.2 Å². The predicted octanol–water partition coefficient (Wildman–Crippen LogP) is 3.70. The normalized spacial score (nSPS) is 11.3. The van der Waals surface area contributed by atoms with Crippen LogP contribution in [0.3, 0.4) is 0 Å². The molecule has 0 heterocycles. The van der Waals surface area contributed by atoms with Crippen LogP contribution in [0.15, 0.2) is 51.8 Å². The van der Waals surface area contributed by atoms with Gasteiger partial charge in [-0.25, -0.2) is 12.8 Å². The molecule has 2 aromatic rings. The average Bonchev–Trinajstić information content (AvgIpc) is 2.35. The molecule has 100 valence electrons. The Bertz CT molecular complexity index is 699. The Morgan fingerprint density at radius 3 is 2.32 bits per heavy atom. The maximum Gasteiger partial charge on any atom is 0.261 e. The third-order valence-corrected chi connectivity index (χ3v) is 4.80. The molecule has 0 unspecified atom stereocenters. The van der Waals surface area contributed by atoms with Gasteiger partial charge >= 0.3 is 0 Å². The summed E-state index contributed by atoms with van der Waals surface area (Å²) in [5.74, 6) is -0.414.